The Hall–Kier alpha value is -2.17. The van der Waals surface area contributed by atoms with Crippen molar-refractivity contribution in [1.29, 1.82) is 0 Å². The second-order valence-corrected chi connectivity index (χ2v) is 7.02. The molecule has 3 aromatic rings. The van der Waals surface area contributed by atoms with Gasteiger partial charge in [0.1, 0.15) is 0 Å². The van der Waals surface area contributed by atoms with Gasteiger partial charge in [0.2, 0.25) is 0 Å². The van der Waals surface area contributed by atoms with Crippen LogP contribution in [0, 0.1) is 0 Å². The van der Waals surface area contributed by atoms with E-state index in [1.54, 1.807) is 0 Å². The third-order valence-corrected chi connectivity index (χ3v) is 4.84. The van der Waals surface area contributed by atoms with Crippen LogP contribution >= 0.6 is 0 Å². The third kappa shape index (κ3) is 2.95. The lowest BCUT2D eigenvalue weighted by Gasteiger charge is -2.36. The molecule has 2 aromatic carbocycles. The van der Waals surface area contributed by atoms with Gasteiger partial charge in [0.05, 0.1) is 18.1 Å². The first kappa shape index (κ1) is 15.4. The zero-order valence-electron chi connectivity index (χ0n) is 14.4. The first-order valence-corrected chi connectivity index (χ1v) is 8.55. The molecule has 0 amide bonds. The fourth-order valence-corrected chi connectivity index (χ4v) is 3.82. The Morgan fingerprint density at radius 1 is 1.12 bits per heavy atom. The lowest BCUT2D eigenvalue weighted by atomic mass is 10.0. The monoisotopic (exact) mass is 320 g/mol. The summed E-state index contributed by atoms with van der Waals surface area (Å²) in [5.41, 5.74) is 2.72. The Balaban J connectivity index is 1.61. The summed E-state index contributed by atoms with van der Waals surface area (Å²) in [6.07, 6.45) is 4.00. The van der Waals surface area contributed by atoms with Crippen molar-refractivity contribution in [2.75, 3.05) is 27.2 Å². The van der Waals surface area contributed by atoms with Crippen molar-refractivity contribution < 1.29 is 0 Å². The smallest absolute Gasteiger partial charge is 0.0952 e. The highest BCUT2D eigenvalue weighted by Crippen LogP contribution is 2.25. The van der Waals surface area contributed by atoms with Crippen LogP contribution < -0.4 is 0 Å². The molecule has 1 aliphatic rings. The first-order chi connectivity index (χ1) is 11.7. The maximum absolute atomic E-state index is 4.37. The van der Waals surface area contributed by atoms with Gasteiger partial charge in [0.15, 0.2) is 0 Å². The summed E-state index contributed by atoms with van der Waals surface area (Å²) in [7, 11) is 4.28. The molecule has 0 saturated heterocycles. The predicted molar refractivity (Wildman–Crippen MR) is 97.9 cm³/mol. The number of fused-ring (bicyclic) bond motifs is 2. The first-order valence-electron chi connectivity index (χ1n) is 8.55. The van der Waals surface area contributed by atoms with E-state index in [2.05, 4.69) is 75.9 Å². The molecule has 0 bridgehead atoms. The van der Waals surface area contributed by atoms with Crippen LogP contribution in [0.2, 0.25) is 0 Å². The van der Waals surface area contributed by atoms with E-state index >= 15 is 0 Å². The number of benzene rings is 2. The largest absolute Gasteiger partial charge is 0.328 e. The Morgan fingerprint density at radius 2 is 1.96 bits per heavy atom. The average Bonchev–Trinajstić information content (AvgIpc) is 3.03. The zero-order chi connectivity index (χ0) is 16.5. The van der Waals surface area contributed by atoms with Gasteiger partial charge in [-0.05, 0) is 30.4 Å². The van der Waals surface area contributed by atoms with Crippen molar-refractivity contribution in [3.05, 3.63) is 66.2 Å². The Bertz CT molecular complexity index is 831. The molecule has 2 heterocycles. The second kappa shape index (κ2) is 6.38. The average molecular weight is 320 g/mol. The van der Waals surface area contributed by atoms with E-state index in [1.165, 1.54) is 22.0 Å². The van der Waals surface area contributed by atoms with Crippen LogP contribution in [0.3, 0.4) is 0 Å². The van der Waals surface area contributed by atoms with Crippen LogP contribution in [-0.4, -0.2) is 46.5 Å². The molecule has 0 aliphatic carbocycles. The van der Waals surface area contributed by atoms with Gasteiger partial charge < -0.3 is 9.47 Å². The summed E-state index contributed by atoms with van der Waals surface area (Å²) in [6, 6.07) is 15.7. The molecular formula is C20H24N4. The molecule has 1 aliphatic heterocycles. The maximum Gasteiger partial charge on any atom is 0.0952 e. The van der Waals surface area contributed by atoms with Gasteiger partial charge in [-0.15, -0.1) is 0 Å². The highest BCUT2D eigenvalue weighted by Gasteiger charge is 2.25. The minimum Gasteiger partial charge on any atom is -0.328 e. The van der Waals surface area contributed by atoms with Crippen LogP contribution in [0.4, 0.5) is 0 Å². The van der Waals surface area contributed by atoms with E-state index in [1.807, 2.05) is 12.5 Å². The van der Waals surface area contributed by atoms with Crippen LogP contribution in [0.5, 0.6) is 0 Å². The number of rotatable bonds is 4. The molecule has 1 atom stereocenters. The Kier molecular flexibility index (Phi) is 4.08. The van der Waals surface area contributed by atoms with Crippen LogP contribution in [0.25, 0.3) is 10.8 Å². The summed E-state index contributed by atoms with van der Waals surface area (Å²) >= 11 is 0. The molecular weight excluding hydrogens is 296 g/mol. The molecule has 4 nitrogen and oxygen atoms in total. The van der Waals surface area contributed by atoms with E-state index in [0.717, 1.165) is 26.2 Å². The second-order valence-electron chi connectivity index (χ2n) is 7.02. The molecule has 0 spiro atoms. The number of likely N-dealkylation sites (N-methyl/N-ethyl adjacent to an activating group) is 1. The van der Waals surface area contributed by atoms with Crippen molar-refractivity contribution in [3.8, 4) is 0 Å². The standard InChI is InChI=1S/C20H24N4/c1-22(2)12-19-14-23(13-18-10-21-15-24(18)19)11-17-8-5-7-16-6-3-4-9-20(16)17/h3-10,15,19H,11-14H2,1-2H3/t19-/m1/s1. The molecule has 1 aromatic heterocycles. The quantitative estimate of drug-likeness (QED) is 0.738. The number of hydrogen-bond acceptors (Lipinski definition) is 3. The predicted octanol–water partition coefficient (Wildman–Crippen LogP) is 3.15. The maximum atomic E-state index is 4.37. The van der Waals surface area contributed by atoms with Crippen LogP contribution in [0.1, 0.15) is 17.3 Å². The third-order valence-electron chi connectivity index (χ3n) is 4.84. The van der Waals surface area contributed by atoms with E-state index in [4.69, 9.17) is 0 Å². The van der Waals surface area contributed by atoms with Gasteiger partial charge in [-0.2, -0.15) is 0 Å². The molecule has 124 valence electrons. The fraction of sp³-hybridized carbons (Fsp3) is 0.350. The number of imidazole rings is 1. The summed E-state index contributed by atoms with van der Waals surface area (Å²) in [5.74, 6) is 0. The molecule has 24 heavy (non-hydrogen) atoms. The molecule has 0 unspecified atom stereocenters. The van der Waals surface area contributed by atoms with E-state index in [0.29, 0.717) is 6.04 Å². The number of nitrogens with zero attached hydrogens (tertiary/aromatic N) is 4. The van der Waals surface area contributed by atoms with E-state index < -0.39 is 0 Å². The normalized spacial score (nSPS) is 18.2. The Morgan fingerprint density at radius 3 is 2.83 bits per heavy atom. The molecule has 0 fully saturated rings. The molecule has 0 N–H and O–H groups in total. The lowest BCUT2D eigenvalue weighted by molar-refractivity contribution is 0.156. The van der Waals surface area contributed by atoms with Gasteiger partial charge in [-0.1, -0.05) is 42.5 Å². The SMILES string of the molecule is CN(C)C[C@@H]1CN(Cc2cccc3ccccc23)Cc2cncn21. The molecule has 0 radical (unpaired) electrons. The van der Waals surface area contributed by atoms with Crippen LogP contribution in [-0.2, 0) is 13.1 Å². The van der Waals surface area contributed by atoms with E-state index in [9.17, 15) is 0 Å². The molecule has 4 rings (SSSR count). The lowest BCUT2D eigenvalue weighted by Crippen LogP contribution is -2.40. The van der Waals surface area contributed by atoms with Crippen molar-refractivity contribution in [2.24, 2.45) is 0 Å². The summed E-state index contributed by atoms with van der Waals surface area (Å²) in [5, 5.41) is 2.69. The van der Waals surface area contributed by atoms with Gasteiger partial charge in [0.25, 0.3) is 0 Å². The molecule has 0 saturated carbocycles. The van der Waals surface area contributed by atoms with Gasteiger partial charge in [-0.25, -0.2) is 4.98 Å². The minimum atomic E-state index is 0.459. The van der Waals surface area contributed by atoms with Crippen LogP contribution in [0.15, 0.2) is 55.0 Å². The fourth-order valence-electron chi connectivity index (χ4n) is 3.82. The summed E-state index contributed by atoms with van der Waals surface area (Å²) in [6.45, 7) is 4.05. The van der Waals surface area contributed by atoms with Gasteiger partial charge >= 0.3 is 0 Å². The summed E-state index contributed by atoms with van der Waals surface area (Å²) < 4.78 is 2.35. The van der Waals surface area contributed by atoms with E-state index in [-0.39, 0.29) is 0 Å². The molecule has 4 heteroatoms. The van der Waals surface area contributed by atoms with Crippen molar-refractivity contribution in [1.82, 2.24) is 19.4 Å². The Labute approximate surface area is 143 Å². The van der Waals surface area contributed by atoms with Crippen molar-refractivity contribution >= 4 is 10.8 Å². The highest BCUT2D eigenvalue weighted by atomic mass is 15.3. The van der Waals surface area contributed by atoms with Crippen molar-refractivity contribution in [2.45, 2.75) is 19.1 Å². The number of hydrogen-bond donors (Lipinski definition) is 0. The van der Waals surface area contributed by atoms with Crippen molar-refractivity contribution in [3.63, 3.8) is 0 Å². The number of aromatic nitrogens is 2. The summed E-state index contributed by atoms with van der Waals surface area (Å²) in [4.78, 5) is 9.18. The highest BCUT2D eigenvalue weighted by molar-refractivity contribution is 5.85. The topological polar surface area (TPSA) is 24.3 Å². The minimum absolute atomic E-state index is 0.459. The van der Waals surface area contributed by atoms with Gasteiger partial charge in [-0.3, -0.25) is 4.90 Å². The van der Waals surface area contributed by atoms with Gasteiger partial charge in [0, 0.05) is 32.4 Å². The zero-order valence-corrected chi connectivity index (χ0v) is 14.4.